The van der Waals surface area contributed by atoms with E-state index in [0.717, 1.165) is 25.2 Å². The molecule has 1 saturated heterocycles. The number of carbonyl (C=O) groups excluding carboxylic acids is 1. The van der Waals surface area contributed by atoms with Crippen molar-refractivity contribution in [1.82, 2.24) is 9.80 Å². The van der Waals surface area contributed by atoms with E-state index in [0.29, 0.717) is 24.7 Å². The quantitative estimate of drug-likeness (QED) is 0.884. The molecule has 0 atom stereocenters. The molecule has 1 aliphatic heterocycles. The number of hydrogen-bond acceptors (Lipinski definition) is 3. The average Bonchev–Trinajstić information content (AvgIpc) is 2.33. The van der Waals surface area contributed by atoms with E-state index < -0.39 is 0 Å². The Morgan fingerprint density at radius 1 is 1.33 bits per heavy atom. The lowest BCUT2D eigenvalue weighted by Gasteiger charge is -2.34. The van der Waals surface area contributed by atoms with Gasteiger partial charge in [-0.2, -0.15) is 0 Å². The molecule has 0 unspecified atom stereocenters. The van der Waals surface area contributed by atoms with E-state index in [1.54, 1.807) is 0 Å². The number of rotatable bonds is 4. The van der Waals surface area contributed by atoms with Crippen LogP contribution >= 0.6 is 11.6 Å². The molecule has 1 aliphatic rings. The van der Waals surface area contributed by atoms with Gasteiger partial charge in [0.15, 0.2) is 0 Å². The molecule has 1 aromatic rings. The van der Waals surface area contributed by atoms with E-state index in [2.05, 4.69) is 4.90 Å². The van der Waals surface area contributed by atoms with Crippen molar-refractivity contribution in [2.75, 3.05) is 32.7 Å². The Balaban J connectivity index is 1.93. The number of hydrogen-bond donors (Lipinski definition) is 1. The third kappa shape index (κ3) is 3.45. The highest BCUT2D eigenvalue weighted by Crippen LogP contribution is 2.14. The van der Waals surface area contributed by atoms with Gasteiger partial charge in [-0.1, -0.05) is 23.7 Å². The number of nitrogens with two attached hydrogens (primary N) is 1. The lowest BCUT2D eigenvalue weighted by atomic mass is 10.2. The molecule has 98 valence electrons. The van der Waals surface area contributed by atoms with Gasteiger partial charge in [-0.15, -0.1) is 0 Å². The summed E-state index contributed by atoms with van der Waals surface area (Å²) < 4.78 is 0. The molecule has 1 fully saturated rings. The van der Waals surface area contributed by atoms with E-state index in [1.807, 2.05) is 29.2 Å². The van der Waals surface area contributed by atoms with E-state index >= 15 is 0 Å². The highest BCUT2D eigenvalue weighted by Gasteiger charge is 2.23. The molecule has 1 heterocycles. The van der Waals surface area contributed by atoms with Crippen LogP contribution in [0.4, 0.5) is 0 Å². The van der Waals surface area contributed by atoms with Crippen LogP contribution in [0.3, 0.4) is 0 Å². The van der Waals surface area contributed by atoms with E-state index in [9.17, 15) is 4.79 Å². The molecule has 1 aromatic carbocycles. The van der Waals surface area contributed by atoms with Crippen LogP contribution in [0.1, 0.15) is 5.56 Å². The standard InChI is InChI=1S/C13H18ClN3O/c14-12-3-1-2-11(8-12)9-17-7-6-16(5-4-15)10-13(17)18/h1-3,8H,4-7,9-10,15H2. The summed E-state index contributed by atoms with van der Waals surface area (Å²) in [5.41, 5.74) is 6.57. The zero-order chi connectivity index (χ0) is 13.0. The first-order valence-corrected chi connectivity index (χ1v) is 6.51. The maximum atomic E-state index is 12.0. The fraction of sp³-hybridized carbons (Fsp3) is 0.462. The topological polar surface area (TPSA) is 49.6 Å². The molecule has 2 N–H and O–H groups in total. The number of benzene rings is 1. The summed E-state index contributed by atoms with van der Waals surface area (Å²) in [6.07, 6.45) is 0. The largest absolute Gasteiger partial charge is 0.336 e. The van der Waals surface area contributed by atoms with Crippen LogP contribution in [0.5, 0.6) is 0 Å². The Labute approximate surface area is 112 Å². The minimum absolute atomic E-state index is 0.162. The Kier molecular flexibility index (Phi) is 4.58. The molecule has 0 spiro atoms. The normalized spacial score (nSPS) is 17.2. The smallest absolute Gasteiger partial charge is 0.237 e. The number of piperazine rings is 1. The van der Waals surface area contributed by atoms with E-state index in [-0.39, 0.29) is 5.91 Å². The predicted molar refractivity (Wildman–Crippen MR) is 72.4 cm³/mol. The summed E-state index contributed by atoms with van der Waals surface area (Å²) in [5, 5.41) is 0.710. The Hall–Kier alpha value is -1.10. The van der Waals surface area contributed by atoms with Gasteiger partial charge in [0.2, 0.25) is 5.91 Å². The van der Waals surface area contributed by atoms with Gasteiger partial charge in [-0.3, -0.25) is 9.69 Å². The molecule has 2 rings (SSSR count). The average molecular weight is 268 g/mol. The Morgan fingerprint density at radius 3 is 2.83 bits per heavy atom. The van der Waals surface area contributed by atoms with E-state index in [4.69, 9.17) is 17.3 Å². The number of halogens is 1. The van der Waals surface area contributed by atoms with Crippen molar-refractivity contribution in [2.24, 2.45) is 5.73 Å². The third-order valence-corrected chi connectivity index (χ3v) is 3.34. The fourth-order valence-corrected chi connectivity index (χ4v) is 2.37. The molecule has 0 radical (unpaired) electrons. The van der Waals surface area contributed by atoms with Gasteiger partial charge in [0, 0.05) is 37.7 Å². The third-order valence-electron chi connectivity index (χ3n) is 3.11. The highest BCUT2D eigenvalue weighted by atomic mass is 35.5. The summed E-state index contributed by atoms with van der Waals surface area (Å²) in [5.74, 6) is 0.162. The molecule has 0 aliphatic carbocycles. The second-order valence-corrected chi connectivity index (χ2v) is 4.95. The Morgan fingerprint density at radius 2 is 2.17 bits per heavy atom. The van der Waals surface area contributed by atoms with Crippen molar-refractivity contribution in [3.8, 4) is 0 Å². The molecule has 1 amide bonds. The maximum absolute atomic E-state index is 12.0. The van der Waals surface area contributed by atoms with Crippen LogP contribution in [-0.4, -0.2) is 48.4 Å². The van der Waals surface area contributed by atoms with Gasteiger partial charge in [-0.25, -0.2) is 0 Å². The van der Waals surface area contributed by atoms with Gasteiger partial charge in [0.25, 0.3) is 0 Å². The van der Waals surface area contributed by atoms with E-state index in [1.165, 1.54) is 0 Å². The minimum atomic E-state index is 0.162. The number of nitrogens with zero attached hydrogens (tertiary/aromatic N) is 2. The van der Waals surface area contributed by atoms with Gasteiger partial charge in [0.1, 0.15) is 0 Å². The Bertz CT molecular complexity index is 424. The lowest BCUT2D eigenvalue weighted by molar-refractivity contribution is -0.136. The highest BCUT2D eigenvalue weighted by molar-refractivity contribution is 6.30. The summed E-state index contributed by atoms with van der Waals surface area (Å²) in [6, 6.07) is 7.64. The molecular formula is C13H18ClN3O. The van der Waals surface area contributed by atoms with Gasteiger partial charge < -0.3 is 10.6 Å². The second-order valence-electron chi connectivity index (χ2n) is 4.51. The van der Waals surface area contributed by atoms with Crippen molar-refractivity contribution in [3.63, 3.8) is 0 Å². The first kappa shape index (κ1) is 13.3. The number of amides is 1. The molecule has 4 nitrogen and oxygen atoms in total. The van der Waals surface area contributed by atoms with Crippen molar-refractivity contribution in [3.05, 3.63) is 34.9 Å². The van der Waals surface area contributed by atoms with Gasteiger partial charge in [-0.05, 0) is 17.7 Å². The maximum Gasteiger partial charge on any atom is 0.237 e. The lowest BCUT2D eigenvalue weighted by Crippen LogP contribution is -2.50. The summed E-state index contributed by atoms with van der Waals surface area (Å²) in [6.45, 7) is 4.14. The summed E-state index contributed by atoms with van der Waals surface area (Å²) >= 11 is 5.94. The van der Waals surface area contributed by atoms with Crippen molar-refractivity contribution in [1.29, 1.82) is 0 Å². The van der Waals surface area contributed by atoms with Crippen LogP contribution in [0.15, 0.2) is 24.3 Å². The molecule has 0 saturated carbocycles. The summed E-state index contributed by atoms with van der Waals surface area (Å²) in [4.78, 5) is 15.9. The van der Waals surface area contributed by atoms with Crippen LogP contribution in [0.25, 0.3) is 0 Å². The fourth-order valence-electron chi connectivity index (χ4n) is 2.15. The minimum Gasteiger partial charge on any atom is -0.336 e. The first-order valence-electron chi connectivity index (χ1n) is 6.13. The van der Waals surface area contributed by atoms with Crippen LogP contribution in [-0.2, 0) is 11.3 Å². The van der Waals surface area contributed by atoms with Crippen molar-refractivity contribution in [2.45, 2.75) is 6.54 Å². The van der Waals surface area contributed by atoms with Gasteiger partial charge in [0.05, 0.1) is 6.54 Å². The zero-order valence-corrected chi connectivity index (χ0v) is 11.1. The van der Waals surface area contributed by atoms with Crippen molar-refractivity contribution < 1.29 is 4.79 Å². The molecule has 0 bridgehead atoms. The van der Waals surface area contributed by atoms with Crippen LogP contribution in [0.2, 0.25) is 5.02 Å². The van der Waals surface area contributed by atoms with Crippen LogP contribution in [0, 0.1) is 0 Å². The van der Waals surface area contributed by atoms with Crippen LogP contribution < -0.4 is 5.73 Å². The SMILES string of the molecule is NCCN1CCN(Cc2cccc(Cl)c2)C(=O)C1. The zero-order valence-electron chi connectivity index (χ0n) is 10.3. The predicted octanol–water partition coefficient (Wildman–Crippen LogP) is 0.943. The van der Waals surface area contributed by atoms with Gasteiger partial charge >= 0.3 is 0 Å². The molecular weight excluding hydrogens is 250 g/mol. The van der Waals surface area contributed by atoms with Crippen molar-refractivity contribution >= 4 is 17.5 Å². The number of carbonyl (C=O) groups is 1. The summed E-state index contributed by atoms with van der Waals surface area (Å²) in [7, 11) is 0. The monoisotopic (exact) mass is 267 g/mol. The molecule has 5 heteroatoms. The first-order chi connectivity index (χ1) is 8.69. The molecule has 0 aromatic heterocycles. The molecule has 18 heavy (non-hydrogen) atoms. The second kappa shape index (κ2) is 6.18.